The Labute approximate surface area is 123 Å². The third-order valence-corrected chi connectivity index (χ3v) is 3.36. The molecular weight excluding hydrogens is 274 g/mol. The summed E-state index contributed by atoms with van der Waals surface area (Å²) in [6.45, 7) is 3.13. The van der Waals surface area contributed by atoms with E-state index in [1.54, 1.807) is 10.9 Å². The van der Waals surface area contributed by atoms with E-state index in [0.717, 1.165) is 18.5 Å². The molecule has 1 aromatic carbocycles. The van der Waals surface area contributed by atoms with E-state index in [2.05, 4.69) is 10.4 Å². The van der Waals surface area contributed by atoms with Crippen molar-refractivity contribution < 1.29 is 4.79 Å². The summed E-state index contributed by atoms with van der Waals surface area (Å²) in [6, 6.07) is 9.96. The van der Waals surface area contributed by atoms with E-state index in [-0.39, 0.29) is 5.91 Å². The van der Waals surface area contributed by atoms with Crippen LogP contribution in [0.1, 0.15) is 24.6 Å². The SMILES string of the molecule is CCn1cc(Cl)c(CNC(=O)CCc2ccccc2)n1. The molecule has 106 valence electrons. The summed E-state index contributed by atoms with van der Waals surface area (Å²) in [6.07, 6.45) is 2.98. The second-order valence-corrected chi connectivity index (χ2v) is 4.95. The second kappa shape index (κ2) is 7.10. The van der Waals surface area contributed by atoms with Crippen molar-refractivity contribution in [2.45, 2.75) is 32.9 Å². The molecular formula is C15H18ClN3O. The molecule has 0 aliphatic heterocycles. The van der Waals surface area contributed by atoms with E-state index in [1.807, 2.05) is 37.3 Å². The van der Waals surface area contributed by atoms with E-state index in [9.17, 15) is 4.79 Å². The molecule has 0 atom stereocenters. The summed E-state index contributed by atoms with van der Waals surface area (Å²) >= 11 is 6.05. The molecule has 0 aliphatic rings. The summed E-state index contributed by atoms with van der Waals surface area (Å²) in [5.41, 5.74) is 1.87. The molecule has 0 saturated heterocycles. The van der Waals surface area contributed by atoms with Crippen molar-refractivity contribution >= 4 is 17.5 Å². The lowest BCUT2D eigenvalue weighted by Gasteiger charge is -2.04. The van der Waals surface area contributed by atoms with Gasteiger partial charge in [0.1, 0.15) is 5.69 Å². The van der Waals surface area contributed by atoms with Gasteiger partial charge in [0.05, 0.1) is 11.6 Å². The van der Waals surface area contributed by atoms with Gasteiger partial charge in [-0.25, -0.2) is 0 Å². The molecule has 1 N–H and O–H groups in total. The van der Waals surface area contributed by atoms with E-state index in [0.29, 0.717) is 23.7 Å². The smallest absolute Gasteiger partial charge is 0.220 e. The molecule has 1 amide bonds. The zero-order valence-electron chi connectivity index (χ0n) is 11.5. The van der Waals surface area contributed by atoms with Crippen LogP contribution >= 0.6 is 11.6 Å². The molecule has 0 aliphatic carbocycles. The highest BCUT2D eigenvalue weighted by atomic mass is 35.5. The van der Waals surface area contributed by atoms with Crippen molar-refractivity contribution in [3.8, 4) is 0 Å². The van der Waals surface area contributed by atoms with Crippen molar-refractivity contribution in [1.29, 1.82) is 0 Å². The summed E-state index contributed by atoms with van der Waals surface area (Å²) in [4.78, 5) is 11.8. The lowest BCUT2D eigenvalue weighted by molar-refractivity contribution is -0.121. The predicted octanol–water partition coefficient (Wildman–Crippen LogP) is 2.81. The number of nitrogens with zero attached hydrogens (tertiary/aromatic N) is 2. The van der Waals surface area contributed by atoms with Crippen LogP contribution in [0, 0.1) is 0 Å². The van der Waals surface area contributed by atoms with E-state index >= 15 is 0 Å². The molecule has 4 nitrogen and oxygen atoms in total. The molecule has 2 aromatic rings. The maximum Gasteiger partial charge on any atom is 0.220 e. The maximum atomic E-state index is 11.8. The Morgan fingerprint density at radius 1 is 1.35 bits per heavy atom. The van der Waals surface area contributed by atoms with Crippen molar-refractivity contribution in [3.05, 3.63) is 52.8 Å². The number of carbonyl (C=O) groups excluding carboxylic acids is 1. The fourth-order valence-electron chi connectivity index (χ4n) is 1.89. The summed E-state index contributed by atoms with van der Waals surface area (Å²) in [5.74, 6) is 0.0102. The Balaban J connectivity index is 1.79. The minimum Gasteiger partial charge on any atom is -0.350 e. The molecule has 1 aromatic heterocycles. The number of halogens is 1. The molecule has 0 saturated carbocycles. The Bertz CT molecular complexity index is 566. The largest absolute Gasteiger partial charge is 0.350 e. The lowest BCUT2D eigenvalue weighted by atomic mass is 10.1. The number of rotatable bonds is 6. The minimum atomic E-state index is 0.0102. The van der Waals surface area contributed by atoms with Gasteiger partial charge in [0, 0.05) is 19.2 Å². The summed E-state index contributed by atoms with van der Waals surface area (Å²) in [7, 11) is 0. The lowest BCUT2D eigenvalue weighted by Crippen LogP contribution is -2.23. The molecule has 0 fully saturated rings. The van der Waals surface area contributed by atoms with Gasteiger partial charge in [0.2, 0.25) is 5.91 Å². The number of benzene rings is 1. The van der Waals surface area contributed by atoms with Crippen LogP contribution in [0.4, 0.5) is 0 Å². The van der Waals surface area contributed by atoms with Crippen LogP contribution in [-0.4, -0.2) is 15.7 Å². The molecule has 0 unspecified atom stereocenters. The number of aryl methyl sites for hydroxylation is 2. The van der Waals surface area contributed by atoms with Gasteiger partial charge in [0.15, 0.2) is 0 Å². The van der Waals surface area contributed by atoms with Gasteiger partial charge in [-0.2, -0.15) is 5.10 Å². The number of nitrogens with one attached hydrogen (secondary N) is 1. The van der Waals surface area contributed by atoms with Gasteiger partial charge >= 0.3 is 0 Å². The van der Waals surface area contributed by atoms with Crippen molar-refractivity contribution in [3.63, 3.8) is 0 Å². The minimum absolute atomic E-state index is 0.0102. The fraction of sp³-hybridized carbons (Fsp3) is 0.333. The third kappa shape index (κ3) is 4.10. The third-order valence-electron chi connectivity index (χ3n) is 3.05. The second-order valence-electron chi connectivity index (χ2n) is 4.54. The highest BCUT2D eigenvalue weighted by Gasteiger charge is 2.08. The van der Waals surface area contributed by atoms with Gasteiger partial charge in [-0.15, -0.1) is 0 Å². The Hall–Kier alpha value is -1.81. The van der Waals surface area contributed by atoms with Crippen LogP contribution in [0.2, 0.25) is 5.02 Å². The number of hydrogen-bond acceptors (Lipinski definition) is 2. The van der Waals surface area contributed by atoms with Crippen molar-refractivity contribution in [2.75, 3.05) is 0 Å². The molecule has 5 heteroatoms. The van der Waals surface area contributed by atoms with E-state index < -0.39 is 0 Å². The number of hydrogen-bond donors (Lipinski definition) is 1. The molecule has 0 bridgehead atoms. The first-order chi connectivity index (χ1) is 9.69. The van der Waals surface area contributed by atoms with Crippen LogP contribution < -0.4 is 5.32 Å². The molecule has 0 spiro atoms. The first-order valence-corrected chi connectivity index (χ1v) is 7.09. The Morgan fingerprint density at radius 2 is 2.10 bits per heavy atom. The number of amides is 1. The van der Waals surface area contributed by atoms with Crippen LogP contribution in [0.3, 0.4) is 0 Å². The van der Waals surface area contributed by atoms with Crippen LogP contribution in [0.25, 0.3) is 0 Å². The van der Waals surface area contributed by atoms with Gasteiger partial charge < -0.3 is 5.32 Å². The average Bonchev–Trinajstić information content (AvgIpc) is 2.84. The van der Waals surface area contributed by atoms with E-state index in [4.69, 9.17) is 11.6 Å². The molecule has 0 radical (unpaired) electrons. The van der Waals surface area contributed by atoms with Gasteiger partial charge in [-0.1, -0.05) is 41.9 Å². The summed E-state index contributed by atoms with van der Waals surface area (Å²) in [5, 5.41) is 7.73. The zero-order valence-corrected chi connectivity index (χ0v) is 12.2. The maximum absolute atomic E-state index is 11.8. The normalized spacial score (nSPS) is 10.5. The van der Waals surface area contributed by atoms with Crippen LogP contribution in [0.5, 0.6) is 0 Å². The van der Waals surface area contributed by atoms with E-state index in [1.165, 1.54) is 0 Å². The van der Waals surface area contributed by atoms with Gasteiger partial charge in [-0.3, -0.25) is 9.48 Å². The van der Waals surface area contributed by atoms with Crippen molar-refractivity contribution in [2.24, 2.45) is 0 Å². The number of aromatic nitrogens is 2. The Kier molecular flexibility index (Phi) is 5.18. The average molecular weight is 292 g/mol. The first-order valence-electron chi connectivity index (χ1n) is 6.71. The molecule has 1 heterocycles. The monoisotopic (exact) mass is 291 g/mol. The molecule has 2 rings (SSSR count). The topological polar surface area (TPSA) is 46.9 Å². The summed E-state index contributed by atoms with van der Waals surface area (Å²) < 4.78 is 1.76. The van der Waals surface area contributed by atoms with Crippen molar-refractivity contribution in [1.82, 2.24) is 15.1 Å². The quantitative estimate of drug-likeness (QED) is 0.889. The molecule has 20 heavy (non-hydrogen) atoms. The highest BCUT2D eigenvalue weighted by Crippen LogP contribution is 2.13. The standard InChI is InChI=1S/C15H18ClN3O/c1-2-19-11-13(16)14(18-19)10-17-15(20)9-8-12-6-4-3-5-7-12/h3-7,11H,2,8-10H2,1H3,(H,17,20). The van der Waals surface area contributed by atoms with Gasteiger partial charge in [0.25, 0.3) is 0 Å². The Morgan fingerprint density at radius 3 is 2.75 bits per heavy atom. The number of carbonyl (C=O) groups is 1. The first kappa shape index (κ1) is 14.6. The fourth-order valence-corrected chi connectivity index (χ4v) is 2.11. The zero-order chi connectivity index (χ0) is 14.4. The predicted molar refractivity (Wildman–Crippen MR) is 79.5 cm³/mol. The van der Waals surface area contributed by atoms with Gasteiger partial charge in [-0.05, 0) is 18.9 Å². The highest BCUT2D eigenvalue weighted by molar-refractivity contribution is 6.31. The van der Waals surface area contributed by atoms with Crippen LogP contribution in [0.15, 0.2) is 36.5 Å². The van der Waals surface area contributed by atoms with Crippen LogP contribution in [-0.2, 0) is 24.3 Å².